The Hall–Kier alpha value is -0.450. The van der Waals surface area contributed by atoms with Crippen molar-refractivity contribution in [3.63, 3.8) is 0 Å². The van der Waals surface area contributed by atoms with Crippen LogP contribution in [0.5, 0.6) is 0 Å². The van der Waals surface area contributed by atoms with Crippen LogP contribution in [0.1, 0.15) is 37.4 Å². The van der Waals surface area contributed by atoms with Crippen LogP contribution in [-0.2, 0) is 10.3 Å². The van der Waals surface area contributed by atoms with Gasteiger partial charge in [0.15, 0.2) is 0 Å². The van der Waals surface area contributed by atoms with Crippen molar-refractivity contribution in [1.29, 1.82) is 0 Å². The van der Waals surface area contributed by atoms with E-state index in [1.165, 1.54) is 0 Å². The topological polar surface area (TPSA) is 48.1 Å². The van der Waals surface area contributed by atoms with E-state index >= 15 is 0 Å². The van der Waals surface area contributed by atoms with Gasteiger partial charge in [-0.1, -0.05) is 13.8 Å². The summed E-state index contributed by atoms with van der Waals surface area (Å²) in [6.45, 7) is 6.70. The van der Waals surface area contributed by atoms with E-state index in [2.05, 4.69) is 24.2 Å². The summed E-state index contributed by atoms with van der Waals surface area (Å²) in [6.07, 6.45) is 0. The second-order valence-electron chi connectivity index (χ2n) is 4.08. The Kier molecular flexibility index (Phi) is 3.64. The van der Waals surface area contributed by atoms with Crippen LogP contribution < -0.4 is 5.73 Å². The first-order valence-electron chi connectivity index (χ1n) is 4.71. The number of hydrogen-bond donors (Lipinski definition) is 1. The molecule has 0 fully saturated rings. The Morgan fingerprint density at radius 3 is 2.71 bits per heavy atom. The molecule has 4 heteroatoms. The van der Waals surface area contributed by atoms with Crippen molar-refractivity contribution in [2.75, 3.05) is 13.7 Å². The van der Waals surface area contributed by atoms with Gasteiger partial charge in [0.05, 0.1) is 17.8 Å². The van der Waals surface area contributed by atoms with E-state index in [9.17, 15) is 0 Å². The van der Waals surface area contributed by atoms with Crippen LogP contribution in [0, 0.1) is 0 Å². The number of thiazole rings is 1. The highest BCUT2D eigenvalue weighted by atomic mass is 32.1. The molecule has 0 aliphatic rings. The van der Waals surface area contributed by atoms with Crippen molar-refractivity contribution >= 4 is 11.3 Å². The molecule has 0 aliphatic heterocycles. The molecule has 0 radical (unpaired) electrons. The van der Waals surface area contributed by atoms with E-state index in [1.807, 2.05) is 6.92 Å². The molecular formula is C10H18N2OS. The summed E-state index contributed by atoms with van der Waals surface area (Å²) in [5.41, 5.74) is 6.73. The minimum absolute atomic E-state index is 0.457. The van der Waals surface area contributed by atoms with Crippen LogP contribution in [0.2, 0.25) is 0 Å². The normalized spacial score (nSPS) is 15.9. The summed E-state index contributed by atoms with van der Waals surface area (Å²) in [6, 6.07) is 0. The maximum absolute atomic E-state index is 6.08. The number of nitrogens with zero attached hydrogens (tertiary/aromatic N) is 1. The van der Waals surface area contributed by atoms with Crippen molar-refractivity contribution in [2.24, 2.45) is 5.73 Å². The first-order valence-corrected chi connectivity index (χ1v) is 5.59. The SMILES string of the molecule is COCC(C)(N)c1nc(C(C)C)cs1. The van der Waals surface area contributed by atoms with Gasteiger partial charge in [0.1, 0.15) is 5.01 Å². The predicted octanol–water partition coefficient (Wildman–Crippen LogP) is 2.09. The average molecular weight is 214 g/mol. The third kappa shape index (κ3) is 2.53. The lowest BCUT2D eigenvalue weighted by molar-refractivity contribution is 0.140. The van der Waals surface area contributed by atoms with E-state index in [1.54, 1.807) is 18.4 Å². The predicted molar refractivity (Wildman–Crippen MR) is 59.6 cm³/mol. The molecular weight excluding hydrogens is 196 g/mol. The van der Waals surface area contributed by atoms with E-state index in [0.29, 0.717) is 12.5 Å². The molecule has 1 aromatic heterocycles. The highest BCUT2D eigenvalue weighted by Crippen LogP contribution is 2.25. The van der Waals surface area contributed by atoms with E-state index in [0.717, 1.165) is 10.7 Å². The van der Waals surface area contributed by atoms with Gasteiger partial charge in [-0.15, -0.1) is 11.3 Å². The van der Waals surface area contributed by atoms with Gasteiger partial charge in [-0.25, -0.2) is 4.98 Å². The van der Waals surface area contributed by atoms with Crippen molar-refractivity contribution in [1.82, 2.24) is 4.98 Å². The average Bonchev–Trinajstić information content (AvgIpc) is 2.51. The minimum Gasteiger partial charge on any atom is -0.382 e. The first kappa shape index (κ1) is 11.6. The number of aromatic nitrogens is 1. The van der Waals surface area contributed by atoms with Crippen LogP contribution in [0.15, 0.2) is 5.38 Å². The Balaban J connectivity index is 2.85. The molecule has 0 aliphatic carbocycles. The molecule has 0 saturated heterocycles. The van der Waals surface area contributed by atoms with Crippen molar-refractivity contribution in [3.05, 3.63) is 16.1 Å². The third-order valence-electron chi connectivity index (χ3n) is 2.05. The van der Waals surface area contributed by atoms with Gasteiger partial charge in [0.2, 0.25) is 0 Å². The van der Waals surface area contributed by atoms with Gasteiger partial charge in [0, 0.05) is 12.5 Å². The Bertz CT molecular complexity index is 294. The zero-order chi connectivity index (χ0) is 10.8. The van der Waals surface area contributed by atoms with Crippen LogP contribution in [0.3, 0.4) is 0 Å². The fraction of sp³-hybridized carbons (Fsp3) is 0.700. The molecule has 0 bridgehead atoms. The molecule has 1 unspecified atom stereocenters. The lowest BCUT2D eigenvalue weighted by Gasteiger charge is -2.20. The maximum Gasteiger partial charge on any atom is 0.115 e. The highest BCUT2D eigenvalue weighted by molar-refractivity contribution is 7.09. The minimum atomic E-state index is -0.466. The van der Waals surface area contributed by atoms with Gasteiger partial charge in [-0.05, 0) is 12.8 Å². The second kappa shape index (κ2) is 4.38. The number of nitrogens with two attached hydrogens (primary N) is 1. The molecule has 2 N–H and O–H groups in total. The highest BCUT2D eigenvalue weighted by Gasteiger charge is 2.25. The fourth-order valence-corrected chi connectivity index (χ4v) is 2.22. The molecule has 1 aromatic rings. The number of ether oxygens (including phenoxy) is 1. The molecule has 80 valence electrons. The summed E-state index contributed by atoms with van der Waals surface area (Å²) in [7, 11) is 1.65. The van der Waals surface area contributed by atoms with Crippen molar-refractivity contribution < 1.29 is 4.74 Å². The van der Waals surface area contributed by atoms with Crippen LogP contribution in [0.25, 0.3) is 0 Å². The second-order valence-corrected chi connectivity index (χ2v) is 4.94. The molecule has 0 amide bonds. The Labute approximate surface area is 89.3 Å². The molecule has 1 heterocycles. The summed E-state index contributed by atoms with van der Waals surface area (Å²) < 4.78 is 5.07. The molecule has 14 heavy (non-hydrogen) atoms. The lowest BCUT2D eigenvalue weighted by atomic mass is 10.1. The largest absolute Gasteiger partial charge is 0.382 e. The number of methoxy groups -OCH3 is 1. The van der Waals surface area contributed by atoms with E-state index in [-0.39, 0.29) is 0 Å². The van der Waals surface area contributed by atoms with Crippen molar-refractivity contribution in [2.45, 2.75) is 32.2 Å². The fourth-order valence-electron chi connectivity index (χ4n) is 1.18. The summed E-state index contributed by atoms with van der Waals surface area (Å²) in [5, 5.41) is 3.02. The summed E-state index contributed by atoms with van der Waals surface area (Å²) in [5.74, 6) is 0.457. The smallest absolute Gasteiger partial charge is 0.115 e. The third-order valence-corrected chi connectivity index (χ3v) is 3.19. The van der Waals surface area contributed by atoms with E-state index in [4.69, 9.17) is 10.5 Å². The molecule has 0 saturated carbocycles. The van der Waals surface area contributed by atoms with Gasteiger partial charge < -0.3 is 10.5 Å². The summed E-state index contributed by atoms with van der Waals surface area (Å²) in [4.78, 5) is 4.51. The van der Waals surface area contributed by atoms with Gasteiger partial charge in [0.25, 0.3) is 0 Å². The molecule has 0 aromatic carbocycles. The van der Waals surface area contributed by atoms with Crippen LogP contribution >= 0.6 is 11.3 Å². The Morgan fingerprint density at radius 2 is 2.29 bits per heavy atom. The lowest BCUT2D eigenvalue weighted by Crippen LogP contribution is -2.37. The van der Waals surface area contributed by atoms with Gasteiger partial charge >= 0.3 is 0 Å². The Morgan fingerprint density at radius 1 is 1.64 bits per heavy atom. The number of hydrogen-bond acceptors (Lipinski definition) is 4. The monoisotopic (exact) mass is 214 g/mol. The molecule has 1 atom stereocenters. The molecule has 3 nitrogen and oxygen atoms in total. The molecule has 1 rings (SSSR count). The van der Waals surface area contributed by atoms with Crippen LogP contribution in [-0.4, -0.2) is 18.7 Å². The van der Waals surface area contributed by atoms with Crippen LogP contribution in [0.4, 0.5) is 0 Å². The summed E-state index contributed by atoms with van der Waals surface area (Å²) >= 11 is 1.61. The number of rotatable bonds is 4. The molecule has 0 spiro atoms. The van der Waals surface area contributed by atoms with Crippen molar-refractivity contribution in [3.8, 4) is 0 Å². The quantitative estimate of drug-likeness (QED) is 0.835. The van der Waals surface area contributed by atoms with E-state index < -0.39 is 5.54 Å². The zero-order valence-corrected chi connectivity index (χ0v) is 10.0. The zero-order valence-electron chi connectivity index (χ0n) is 9.20. The standard InChI is InChI=1S/C10H18N2OS/c1-7(2)8-5-14-9(12-8)10(3,11)6-13-4/h5,7H,6,11H2,1-4H3. The maximum atomic E-state index is 6.08. The van der Waals surface area contributed by atoms with Gasteiger partial charge in [-0.3, -0.25) is 0 Å². The van der Waals surface area contributed by atoms with Gasteiger partial charge in [-0.2, -0.15) is 0 Å². The first-order chi connectivity index (χ1) is 6.47.